The number of nitro groups is 1. The highest BCUT2D eigenvalue weighted by Gasteiger charge is 2.32. The molecule has 2 N–H and O–H groups in total. The SMILES string of the molecule is CNc1ccc(C(=O)NCC2CC2C)cc1[N+](=O)[O-]. The molecule has 6 heteroatoms. The van der Waals surface area contributed by atoms with Gasteiger partial charge in [-0.15, -0.1) is 0 Å². The summed E-state index contributed by atoms with van der Waals surface area (Å²) in [6.07, 6.45) is 1.14. The minimum atomic E-state index is -0.494. The quantitative estimate of drug-likeness (QED) is 0.628. The first kappa shape index (κ1) is 13.3. The average Bonchev–Trinajstić information content (AvgIpc) is 3.11. The fourth-order valence-corrected chi connectivity index (χ4v) is 2.04. The van der Waals surface area contributed by atoms with Gasteiger partial charge in [0.05, 0.1) is 4.92 Å². The lowest BCUT2D eigenvalue weighted by atomic mass is 10.1. The zero-order valence-electron chi connectivity index (χ0n) is 11.0. The Kier molecular flexibility index (Phi) is 3.69. The van der Waals surface area contributed by atoms with Crippen molar-refractivity contribution >= 4 is 17.3 Å². The molecule has 1 saturated carbocycles. The lowest BCUT2D eigenvalue weighted by Crippen LogP contribution is -2.26. The Balaban J connectivity index is 2.08. The highest BCUT2D eigenvalue weighted by atomic mass is 16.6. The number of nitrogens with one attached hydrogen (secondary N) is 2. The number of carbonyl (C=O) groups is 1. The van der Waals surface area contributed by atoms with E-state index in [-0.39, 0.29) is 11.6 Å². The van der Waals surface area contributed by atoms with Crippen molar-refractivity contribution in [2.45, 2.75) is 13.3 Å². The van der Waals surface area contributed by atoms with E-state index >= 15 is 0 Å². The van der Waals surface area contributed by atoms with E-state index in [0.717, 1.165) is 6.42 Å². The van der Waals surface area contributed by atoms with Crippen molar-refractivity contribution in [3.63, 3.8) is 0 Å². The summed E-state index contributed by atoms with van der Waals surface area (Å²) in [5.41, 5.74) is 0.631. The highest BCUT2D eigenvalue weighted by Crippen LogP contribution is 2.36. The van der Waals surface area contributed by atoms with Crippen LogP contribution in [0.2, 0.25) is 0 Å². The molecule has 1 aliphatic carbocycles. The van der Waals surface area contributed by atoms with Crippen LogP contribution in [-0.4, -0.2) is 24.4 Å². The molecular weight excluding hydrogens is 246 g/mol. The molecule has 2 unspecified atom stereocenters. The van der Waals surface area contributed by atoms with Crippen LogP contribution < -0.4 is 10.6 Å². The molecule has 0 heterocycles. The Morgan fingerprint density at radius 3 is 2.74 bits per heavy atom. The summed E-state index contributed by atoms with van der Waals surface area (Å²) in [4.78, 5) is 22.3. The smallest absolute Gasteiger partial charge is 0.293 e. The maximum absolute atomic E-state index is 11.9. The molecule has 2 atom stereocenters. The van der Waals surface area contributed by atoms with Gasteiger partial charge in [-0.25, -0.2) is 0 Å². The minimum Gasteiger partial charge on any atom is -0.383 e. The molecule has 0 saturated heterocycles. The van der Waals surface area contributed by atoms with E-state index in [9.17, 15) is 14.9 Å². The molecule has 0 bridgehead atoms. The number of hydrogen-bond acceptors (Lipinski definition) is 4. The van der Waals surface area contributed by atoms with Crippen LogP contribution in [0.4, 0.5) is 11.4 Å². The number of nitro benzene ring substituents is 1. The zero-order valence-corrected chi connectivity index (χ0v) is 11.0. The van der Waals surface area contributed by atoms with Gasteiger partial charge in [0, 0.05) is 25.2 Å². The third-order valence-electron chi connectivity index (χ3n) is 3.53. The van der Waals surface area contributed by atoms with Gasteiger partial charge < -0.3 is 10.6 Å². The second-order valence-corrected chi connectivity index (χ2v) is 4.92. The molecule has 2 rings (SSSR count). The van der Waals surface area contributed by atoms with Crippen LogP contribution in [0, 0.1) is 22.0 Å². The first-order valence-electron chi connectivity index (χ1n) is 6.27. The van der Waals surface area contributed by atoms with Crippen molar-refractivity contribution in [3.05, 3.63) is 33.9 Å². The van der Waals surface area contributed by atoms with Gasteiger partial charge in [0.15, 0.2) is 0 Å². The van der Waals surface area contributed by atoms with E-state index < -0.39 is 4.92 Å². The fourth-order valence-electron chi connectivity index (χ4n) is 2.04. The van der Waals surface area contributed by atoms with Crippen molar-refractivity contribution in [1.29, 1.82) is 0 Å². The van der Waals surface area contributed by atoms with E-state index in [1.807, 2.05) is 0 Å². The predicted octanol–water partition coefficient (Wildman–Crippen LogP) is 2.02. The summed E-state index contributed by atoms with van der Waals surface area (Å²) in [6.45, 7) is 2.78. The highest BCUT2D eigenvalue weighted by molar-refractivity contribution is 5.95. The normalized spacial score (nSPS) is 20.7. The van der Waals surface area contributed by atoms with Crippen LogP contribution in [0.3, 0.4) is 0 Å². The van der Waals surface area contributed by atoms with E-state index in [1.165, 1.54) is 6.07 Å². The van der Waals surface area contributed by atoms with Gasteiger partial charge in [-0.05, 0) is 30.4 Å². The molecule has 1 aliphatic rings. The van der Waals surface area contributed by atoms with Crippen LogP contribution in [0.25, 0.3) is 0 Å². The molecule has 0 aliphatic heterocycles. The van der Waals surface area contributed by atoms with Crippen molar-refractivity contribution in [3.8, 4) is 0 Å². The third kappa shape index (κ3) is 3.01. The van der Waals surface area contributed by atoms with Crippen LogP contribution >= 0.6 is 0 Å². The number of anilines is 1. The monoisotopic (exact) mass is 263 g/mol. The van der Waals surface area contributed by atoms with Gasteiger partial charge in [-0.2, -0.15) is 0 Å². The number of hydrogen-bond donors (Lipinski definition) is 2. The maximum atomic E-state index is 11.9. The lowest BCUT2D eigenvalue weighted by molar-refractivity contribution is -0.384. The summed E-state index contributed by atoms with van der Waals surface area (Å²) < 4.78 is 0. The molecular formula is C13H17N3O3. The molecule has 1 fully saturated rings. The second kappa shape index (κ2) is 5.26. The van der Waals surface area contributed by atoms with Crippen LogP contribution in [0.1, 0.15) is 23.7 Å². The first-order chi connectivity index (χ1) is 9.02. The summed E-state index contributed by atoms with van der Waals surface area (Å²) >= 11 is 0. The van der Waals surface area contributed by atoms with Gasteiger partial charge in [0.25, 0.3) is 11.6 Å². The second-order valence-electron chi connectivity index (χ2n) is 4.92. The van der Waals surface area contributed by atoms with Crippen LogP contribution in [0.15, 0.2) is 18.2 Å². The molecule has 1 aromatic rings. The number of amides is 1. The van der Waals surface area contributed by atoms with Gasteiger partial charge in [0.2, 0.25) is 0 Å². The Bertz CT molecular complexity index is 516. The average molecular weight is 263 g/mol. The van der Waals surface area contributed by atoms with Gasteiger partial charge in [0.1, 0.15) is 5.69 Å². The minimum absolute atomic E-state index is 0.0880. The Hall–Kier alpha value is -2.11. The van der Waals surface area contributed by atoms with E-state index in [2.05, 4.69) is 17.6 Å². The van der Waals surface area contributed by atoms with Crippen molar-refractivity contribution in [1.82, 2.24) is 5.32 Å². The molecule has 1 amide bonds. The lowest BCUT2D eigenvalue weighted by Gasteiger charge is -2.06. The molecule has 0 radical (unpaired) electrons. The zero-order chi connectivity index (χ0) is 14.0. The molecule has 102 valence electrons. The molecule has 0 aromatic heterocycles. The number of rotatable bonds is 5. The van der Waals surface area contributed by atoms with Crippen molar-refractivity contribution < 1.29 is 9.72 Å². The Morgan fingerprint density at radius 2 is 2.21 bits per heavy atom. The summed E-state index contributed by atoms with van der Waals surface area (Å²) in [5, 5.41) is 16.5. The summed E-state index contributed by atoms with van der Waals surface area (Å²) in [7, 11) is 1.61. The summed E-state index contributed by atoms with van der Waals surface area (Å²) in [5.74, 6) is 0.960. The van der Waals surface area contributed by atoms with Gasteiger partial charge in [-0.3, -0.25) is 14.9 Å². The Morgan fingerprint density at radius 1 is 1.53 bits per heavy atom. The van der Waals surface area contributed by atoms with Crippen molar-refractivity contribution in [2.24, 2.45) is 11.8 Å². The molecule has 0 spiro atoms. The van der Waals surface area contributed by atoms with E-state index in [1.54, 1.807) is 19.2 Å². The standard InChI is InChI=1S/C13H17N3O3/c1-8-5-10(8)7-15-13(17)9-3-4-11(14-2)12(6-9)16(18)19/h3-4,6,8,10,14H,5,7H2,1-2H3,(H,15,17). The number of carbonyl (C=O) groups excluding carboxylic acids is 1. The van der Waals surface area contributed by atoms with Crippen LogP contribution in [-0.2, 0) is 0 Å². The van der Waals surface area contributed by atoms with Gasteiger partial charge >= 0.3 is 0 Å². The fraction of sp³-hybridized carbons (Fsp3) is 0.462. The molecule has 6 nitrogen and oxygen atoms in total. The topological polar surface area (TPSA) is 84.3 Å². The number of benzene rings is 1. The first-order valence-corrected chi connectivity index (χ1v) is 6.27. The van der Waals surface area contributed by atoms with E-state index in [4.69, 9.17) is 0 Å². The maximum Gasteiger partial charge on any atom is 0.293 e. The Labute approximate surface area is 111 Å². The van der Waals surface area contributed by atoms with Crippen molar-refractivity contribution in [2.75, 3.05) is 18.9 Å². The van der Waals surface area contributed by atoms with E-state index in [0.29, 0.717) is 29.6 Å². The van der Waals surface area contributed by atoms with Gasteiger partial charge in [-0.1, -0.05) is 6.92 Å². The predicted molar refractivity (Wildman–Crippen MR) is 72.2 cm³/mol. The number of nitrogens with zero attached hydrogens (tertiary/aromatic N) is 1. The molecule has 1 aromatic carbocycles. The van der Waals surface area contributed by atoms with Crippen LogP contribution in [0.5, 0.6) is 0 Å². The summed E-state index contributed by atoms with van der Waals surface area (Å²) in [6, 6.07) is 4.44. The largest absolute Gasteiger partial charge is 0.383 e. The third-order valence-corrected chi connectivity index (χ3v) is 3.53. The molecule has 19 heavy (non-hydrogen) atoms.